The van der Waals surface area contributed by atoms with Crippen molar-refractivity contribution < 1.29 is 13.2 Å². The minimum Gasteiger partial charge on any atom is -0.273 e. The number of nitrogens with one attached hydrogen (secondary N) is 1. The summed E-state index contributed by atoms with van der Waals surface area (Å²) in [5.41, 5.74) is 0.323. The number of benzene rings is 1. The average molecular weight is 275 g/mol. The summed E-state index contributed by atoms with van der Waals surface area (Å²) < 4.78 is 38.2. The van der Waals surface area contributed by atoms with Crippen LogP contribution in [0.2, 0.25) is 5.02 Å². The number of halogens is 4. The lowest BCUT2D eigenvalue weighted by Crippen LogP contribution is -2.08. The van der Waals surface area contributed by atoms with Crippen LogP contribution >= 0.6 is 11.6 Å². The third-order valence-corrected chi connectivity index (χ3v) is 2.87. The molecule has 0 atom stereocenters. The lowest BCUT2D eigenvalue weighted by atomic mass is 10.0. The Balaban J connectivity index is 2.52. The molecule has 0 spiro atoms. The number of hydrogen-bond acceptors (Lipinski definition) is 1. The van der Waals surface area contributed by atoms with E-state index in [1.54, 1.807) is 31.2 Å². The molecule has 1 aromatic carbocycles. The van der Waals surface area contributed by atoms with Gasteiger partial charge in [0.1, 0.15) is 5.69 Å². The summed E-state index contributed by atoms with van der Waals surface area (Å²) in [5.74, 6) is 0. The maximum Gasteiger partial charge on any atom is 0.433 e. The molecule has 0 saturated heterocycles. The molecule has 96 valence electrons. The van der Waals surface area contributed by atoms with Gasteiger partial charge in [-0.2, -0.15) is 18.3 Å². The second-order valence-corrected chi connectivity index (χ2v) is 4.22. The third kappa shape index (κ3) is 2.36. The normalized spacial score (nSPS) is 11.8. The van der Waals surface area contributed by atoms with Crippen LogP contribution in [0.5, 0.6) is 0 Å². The van der Waals surface area contributed by atoms with Gasteiger partial charge in [0.15, 0.2) is 0 Å². The van der Waals surface area contributed by atoms with Gasteiger partial charge in [0.2, 0.25) is 0 Å². The van der Waals surface area contributed by atoms with Crippen molar-refractivity contribution in [3.8, 4) is 11.3 Å². The van der Waals surface area contributed by atoms with Crippen LogP contribution in [0.25, 0.3) is 11.3 Å². The molecule has 2 nitrogen and oxygen atoms in total. The zero-order valence-electron chi connectivity index (χ0n) is 9.48. The summed E-state index contributed by atoms with van der Waals surface area (Å²) in [5, 5.41) is 6.37. The third-order valence-electron chi connectivity index (χ3n) is 2.62. The first-order valence-corrected chi connectivity index (χ1v) is 5.71. The van der Waals surface area contributed by atoms with E-state index in [-0.39, 0.29) is 12.0 Å². The van der Waals surface area contributed by atoms with Gasteiger partial charge in [0.05, 0.1) is 5.69 Å². The predicted octanol–water partition coefficient (Wildman–Crippen LogP) is 4.31. The molecule has 1 aromatic heterocycles. The lowest BCUT2D eigenvalue weighted by molar-refractivity contribution is -0.141. The minimum absolute atomic E-state index is 0.171. The molecule has 0 aliphatic rings. The number of aromatic amines is 1. The maximum atomic E-state index is 12.7. The molecule has 0 fully saturated rings. The Bertz CT molecular complexity index is 543. The highest BCUT2D eigenvalue weighted by atomic mass is 35.5. The zero-order chi connectivity index (χ0) is 13.3. The summed E-state index contributed by atoms with van der Waals surface area (Å²) in [6.07, 6.45) is -4.16. The maximum absolute atomic E-state index is 12.7. The topological polar surface area (TPSA) is 28.7 Å². The van der Waals surface area contributed by atoms with Gasteiger partial charge in [-0.25, -0.2) is 0 Å². The molecule has 0 bridgehead atoms. The van der Waals surface area contributed by atoms with Crippen molar-refractivity contribution in [2.24, 2.45) is 0 Å². The van der Waals surface area contributed by atoms with E-state index in [1.165, 1.54) is 0 Å². The number of alkyl halides is 3. The Hall–Kier alpha value is -1.49. The van der Waals surface area contributed by atoms with Gasteiger partial charge >= 0.3 is 6.18 Å². The molecule has 0 radical (unpaired) electrons. The van der Waals surface area contributed by atoms with E-state index >= 15 is 0 Å². The van der Waals surface area contributed by atoms with Crippen LogP contribution in [0.4, 0.5) is 13.2 Å². The van der Waals surface area contributed by atoms with E-state index in [4.69, 9.17) is 11.6 Å². The Labute approximate surface area is 107 Å². The molecule has 1 heterocycles. The molecule has 0 saturated carbocycles. The van der Waals surface area contributed by atoms with Crippen LogP contribution in [0.1, 0.15) is 18.2 Å². The second-order valence-electron chi connectivity index (χ2n) is 3.78. The fourth-order valence-electron chi connectivity index (χ4n) is 1.79. The van der Waals surface area contributed by atoms with E-state index in [2.05, 4.69) is 10.2 Å². The molecule has 6 heteroatoms. The first-order chi connectivity index (χ1) is 8.43. The number of nitrogens with zero attached hydrogens (tertiary/aromatic N) is 1. The Morgan fingerprint density at radius 3 is 2.33 bits per heavy atom. The van der Waals surface area contributed by atoms with E-state index < -0.39 is 11.9 Å². The highest BCUT2D eigenvalue weighted by molar-refractivity contribution is 6.30. The lowest BCUT2D eigenvalue weighted by Gasteiger charge is -2.06. The Morgan fingerprint density at radius 1 is 1.22 bits per heavy atom. The summed E-state index contributed by atoms with van der Waals surface area (Å²) in [6, 6.07) is 6.55. The van der Waals surface area contributed by atoms with Crippen molar-refractivity contribution in [1.29, 1.82) is 0 Å². The molecular weight excluding hydrogens is 265 g/mol. The van der Waals surface area contributed by atoms with Crippen LogP contribution in [0.15, 0.2) is 24.3 Å². The Morgan fingerprint density at radius 2 is 1.83 bits per heavy atom. The van der Waals surface area contributed by atoms with E-state index in [9.17, 15) is 13.2 Å². The zero-order valence-corrected chi connectivity index (χ0v) is 10.2. The molecule has 2 aromatic rings. The van der Waals surface area contributed by atoms with Gasteiger partial charge in [-0.15, -0.1) is 0 Å². The molecule has 0 aliphatic heterocycles. The number of hydrogen-bond donors (Lipinski definition) is 1. The number of H-pyrrole nitrogens is 1. The monoisotopic (exact) mass is 274 g/mol. The van der Waals surface area contributed by atoms with Gasteiger partial charge in [0.25, 0.3) is 0 Å². The van der Waals surface area contributed by atoms with E-state index in [0.29, 0.717) is 16.3 Å². The summed E-state index contributed by atoms with van der Waals surface area (Å²) in [7, 11) is 0. The average Bonchev–Trinajstić information content (AvgIpc) is 2.73. The molecule has 1 N–H and O–H groups in total. The standard InChI is InChI=1S/C12H10ClF3N2/c1-2-9-10(7-3-5-8(13)6-4-7)17-18-11(9)12(14,15)16/h3-6H,2H2,1H3,(H,17,18). The molecule has 0 unspecified atom stereocenters. The predicted molar refractivity (Wildman–Crippen MR) is 63.4 cm³/mol. The number of rotatable bonds is 2. The van der Waals surface area contributed by atoms with Crippen LogP contribution in [0, 0.1) is 0 Å². The van der Waals surface area contributed by atoms with Crippen LogP contribution in [0.3, 0.4) is 0 Å². The van der Waals surface area contributed by atoms with Gasteiger partial charge in [0, 0.05) is 16.1 Å². The van der Waals surface area contributed by atoms with Crippen molar-refractivity contribution in [2.75, 3.05) is 0 Å². The van der Waals surface area contributed by atoms with Crippen LogP contribution in [-0.2, 0) is 12.6 Å². The quantitative estimate of drug-likeness (QED) is 0.868. The molecule has 2 rings (SSSR count). The van der Waals surface area contributed by atoms with Crippen molar-refractivity contribution in [3.63, 3.8) is 0 Å². The van der Waals surface area contributed by atoms with Crippen LogP contribution in [-0.4, -0.2) is 10.2 Å². The van der Waals surface area contributed by atoms with Gasteiger partial charge in [-0.05, 0) is 18.6 Å². The first kappa shape index (κ1) is 13.0. The molecular formula is C12H10ClF3N2. The minimum atomic E-state index is -4.41. The van der Waals surface area contributed by atoms with Crippen molar-refractivity contribution in [2.45, 2.75) is 19.5 Å². The Kier molecular flexibility index (Phi) is 3.34. The van der Waals surface area contributed by atoms with Gasteiger partial charge < -0.3 is 0 Å². The SMILES string of the molecule is CCc1c(-c2ccc(Cl)cc2)n[nH]c1C(F)(F)F. The van der Waals surface area contributed by atoms with Crippen molar-refractivity contribution in [1.82, 2.24) is 10.2 Å². The van der Waals surface area contributed by atoms with Gasteiger partial charge in [-0.3, -0.25) is 5.10 Å². The fourth-order valence-corrected chi connectivity index (χ4v) is 1.92. The summed E-state index contributed by atoms with van der Waals surface area (Å²) in [6.45, 7) is 1.67. The van der Waals surface area contributed by atoms with E-state index in [1.807, 2.05) is 0 Å². The summed E-state index contributed by atoms with van der Waals surface area (Å²) >= 11 is 5.74. The summed E-state index contributed by atoms with van der Waals surface area (Å²) in [4.78, 5) is 0. The highest BCUT2D eigenvalue weighted by Crippen LogP contribution is 2.35. The second kappa shape index (κ2) is 4.65. The smallest absolute Gasteiger partial charge is 0.273 e. The fraction of sp³-hybridized carbons (Fsp3) is 0.250. The number of aromatic nitrogens is 2. The molecule has 18 heavy (non-hydrogen) atoms. The molecule has 0 aliphatic carbocycles. The van der Waals surface area contributed by atoms with Crippen molar-refractivity contribution in [3.05, 3.63) is 40.5 Å². The van der Waals surface area contributed by atoms with Crippen LogP contribution < -0.4 is 0 Å². The van der Waals surface area contributed by atoms with Crippen molar-refractivity contribution >= 4 is 11.6 Å². The molecule has 0 amide bonds. The largest absolute Gasteiger partial charge is 0.433 e. The highest BCUT2D eigenvalue weighted by Gasteiger charge is 2.36. The van der Waals surface area contributed by atoms with E-state index in [0.717, 1.165) is 0 Å². The first-order valence-electron chi connectivity index (χ1n) is 5.34. The van der Waals surface area contributed by atoms with Gasteiger partial charge in [-0.1, -0.05) is 30.7 Å².